The van der Waals surface area contributed by atoms with Gasteiger partial charge in [0, 0.05) is 36.6 Å². The maximum atomic E-state index is 14.8. The third-order valence-corrected chi connectivity index (χ3v) is 8.71. The molecule has 3 aliphatic heterocycles. The van der Waals surface area contributed by atoms with E-state index in [0.29, 0.717) is 59.8 Å². The molecule has 0 radical (unpaired) electrons. The predicted molar refractivity (Wildman–Crippen MR) is 123 cm³/mol. The van der Waals surface area contributed by atoms with E-state index in [1.54, 1.807) is 12.1 Å². The molecular formula is C22H24ClFN6O3S. The molecule has 2 aromatic heterocycles. The fourth-order valence-corrected chi connectivity index (χ4v) is 7.24. The number of aromatic nitrogens is 5. The van der Waals surface area contributed by atoms with Gasteiger partial charge in [0.1, 0.15) is 23.0 Å². The van der Waals surface area contributed by atoms with Crippen LogP contribution < -0.4 is 0 Å². The van der Waals surface area contributed by atoms with Gasteiger partial charge in [-0.25, -0.2) is 12.8 Å². The van der Waals surface area contributed by atoms with Gasteiger partial charge >= 0.3 is 0 Å². The summed E-state index contributed by atoms with van der Waals surface area (Å²) in [5.41, 5.74) is 2.05. The van der Waals surface area contributed by atoms with Crippen molar-refractivity contribution in [3.05, 3.63) is 35.4 Å². The molecule has 0 spiro atoms. The minimum Gasteiger partial charge on any atom is -0.372 e. The molecule has 0 amide bonds. The van der Waals surface area contributed by atoms with Gasteiger partial charge < -0.3 is 14.2 Å². The van der Waals surface area contributed by atoms with Crippen molar-refractivity contribution in [1.82, 2.24) is 29.4 Å². The fraction of sp³-hybridized carbons (Fsp3) is 0.500. The third kappa shape index (κ3) is 3.48. The number of likely N-dealkylation sites (tertiary alicyclic amines) is 1. The van der Waals surface area contributed by atoms with Crippen LogP contribution in [0.3, 0.4) is 0 Å². The molecular weight excluding hydrogens is 483 g/mol. The zero-order valence-corrected chi connectivity index (χ0v) is 20.0. The van der Waals surface area contributed by atoms with Gasteiger partial charge in [0.15, 0.2) is 21.5 Å². The van der Waals surface area contributed by atoms with E-state index in [0.717, 1.165) is 32.5 Å². The van der Waals surface area contributed by atoms with Crippen LogP contribution in [0.2, 0.25) is 0 Å². The van der Waals surface area contributed by atoms with Gasteiger partial charge in [-0.3, -0.25) is 4.68 Å². The highest BCUT2D eigenvalue weighted by Crippen LogP contribution is 2.44. The average Bonchev–Trinajstić information content (AvgIpc) is 3.40. The van der Waals surface area contributed by atoms with Gasteiger partial charge in [0.2, 0.25) is 0 Å². The van der Waals surface area contributed by atoms with E-state index >= 15 is 0 Å². The van der Waals surface area contributed by atoms with Crippen LogP contribution in [0.5, 0.6) is 0 Å². The second kappa shape index (κ2) is 8.40. The molecule has 0 saturated carbocycles. The van der Waals surface area contributed by atoms with E-state index in [1.807, 2.05) is 9.25 Å². The first-order valence-electron chi connectivity index (χ1n) is 11.4. The van der Waals surface area contributed by atoms with Gasteiger partial charge in [-0.05, 0) is 25.5 Å². The van der Waals surface area contributed by atoms with E-state index in [4.69, 9.17) is 21.4 Å². The highest BCUT2D eigenvalue weighted by atomic mass is 35.5. The first-order valence-corrected chi connectivity index (χ1v) is 13.6. The Balaban J connectivity index is 1.57. The lowest BCUT2D eigenvalue weighted by atomic mass is 10.0. The molecule has 0 aliphatic carbocycles. The molecule has 3 aromatic rings. The number of hydrogen-bond donors (Lipinski definition) is 0. The van der Waals surface area contributed by atoms with Crippen LogP contribution in [0, 0.1) is 5.82 Å². The summed E-state index contributed by atoms with van der Waals surface area (Å²) in [7, 11) is -3.90. The quantitative estimate of drug-likeness (QED) is 0.502. The molecule has 180 valence electrons. The van der Waals surface area contributed by atoms with Crippen molar-refractivity contribution in [1.29, 1.82) is 0 Å². The number of ether oxygens (including phenoxy) is 1. The second-order valence-corrected chi connectivity index (χ2v) is 11.2. The Hall–Kier alpha value is -2.34. The van der Waals surface area contributed by atoms with Crippen molar-refractivity contribution < 1.29 is 17.5 Å². The Morgan fingerprint density at radius 2 is 2.12 bits per heavy atom. The number of halogens is 2. The number of rotatable bonds is 4. The number of piperidine rings is 1. The first kappa shape index (κ1) is 22.1. The predicted octanol–water partition coefficient (Wildman–Crippen LogP) is 2.64. The lowest BCUT2D eigenvalue weighted by Crippen LogP contribution is -2.38. The van der Waals surface area contributed by atoms with Gasteiger partial charge in [0.25, 0.3) is 0 Å². The Labute approximate surface area is 201 Å². The number of fused-ring (bicyclic) bond motifs is 4. The number of hydrogen-bond acceptors (Lipinski definition) is 7. The molecule has 6 rings (SSSR count). The van der Waals surface area contributed by atoms with Gasteiger partial charge in [-0.2, -0.15) is 5.10 Å². The van der Waals surface area contributed by atoms with Crippen LogP contribution in [0.15, 0.2) is 23.1 Å². The number of alkyl halides is 1. The van der Waals surface area contributed by atoms with Gasteiger partial charge in [-0.15, -0.1) is 21.8 Å². The Bertz CT molecular complexity index is 1370. The van der Waals surface area contributed by atoms with Crippen LogP contribution in [0.4, 0.5) is 4.39 Å². The fourth-order valence-electron chi connectivity index (χ4n) is 5.33. The van der Waals surface area contributed by atoms with E-state index in [1.165, 1.54) is 6.07 Å². The normalized spacial score (nSPS) is 21.6. The average molecular weight is 507 g/mol. The molecule has 5 heterocycles. The third-order valence-electron chi connectivity index (χ3n) is 6.83. The van der Waals surface area contributed by atoms with E-state index < -0.39 is 15.7 Å². The minimum atomic E-state index is -3.90. The smallest absolute Gasteiger partial charge is 0.186 e. The molecule has 1 aromatic carbocycles. The SMILES string of the molecule is O=S1(=O)Cc2c(-c3nnc4n3CCOC4)nn(C3CCCN(CCCl)C3)c2-c2cccc(F)c21. The van der Waals surface area contributed by atoms with Crippen LogP contribution in [-0.4, -0.2) is 70.0 Å². The molecule has 3 aliphatic rings. The molecule has 0 bridgehead atoms. The summed E-state index contributed by atoms with van der Waals surface area (Å²) in [5.74, 6) is 0.678. The molecule has 1 unspecified atom stereocenters. The summed E-state index contributed by atoms with van der Waals surface area (Å²) in [6.07, 6.45) is 1.85. The summed E-state index contributed by atoms with van der Waals surface area (Å²) in [4.78, 5) is 2.04. The summed E-state index contributed by atoms with van der Waals surface area (Å²) in [6, 6.07) is 4.42. The summed E-state index contributed by atoms with van der Waals surface area (Å²) in [6.45, 7) is 3.89. The lowest BCUT2D eigenvalue weighted by Gasteiger charge is -2.33. The lowest BCUT2D eigenvalue weighted by molar-refractivity contribution is 0.0820. The van der Waals surface area contributed by atoms with Gasteiger partial charge in [-0.1, -0.05) is 12.1 Å². The molecule has 1 saturated heterocycles. The largest absolute Gasteiger partial charge is 0.372 e. The van der Waals surface area contributed by atoms with Crippen molar-refractivity contribution in [2.24, 2.45) is 0 Å². The second-order valence-electron chi connectivity index (χ2n) is 8.93. The van der Waals surface area contributed by atoms with Crippen LogP contribution in [-0.2, 0) is 33.5 Å². The maximum absolute atomic E-state index is 14.8. The van der Waals surface area contributed by atoms with Crippen molar-refractivity contribution >= 4 is 21.4 Å². The van der Waals surface area contributed by atoms with E-state index in [-0.39, 0.29) is 16.7 Å². The number of sulfone groups is 1. The number of nitrogens with zero attached hydrogens (tertiary/aromatic N) is 6. The molecule has 9 nitrogen and oxygen atoms in total. The topological polar surface area (TPSA) is 95.1 Å². The van der Waals surface area contributed by atoms with Gasteiger partial charge in [0.05, 0.1) is 24.1 Å². The summed E-state index contributed by atoms with van der Waals surface area (Å²) >= 11 is 6.00. The first-order chi connectivity index (χ1) is 16.5. The van der Waals surface area contributed by atoms with Crippen LogP contribution in [0.25, 0.3) is 22.8 Å². The highest BCUT2D eigenvalue weighted by Gasteiger charge is 2.39. The van der Waals surface area contributed by atoms with Crippen molar-refractivity contribution in [2.45, 2.75) is 42.7 Å². The van der Waals surface area contributed by atoms with E-state index in [2.05, 4.69) is 15.1 Å². The Morgan fingerprint density at radius 1 is 1.24 bits per heavy atom. The maximum Gasteiger partial charge on any atom is 0.186 e. The molecule has 0 N–H and O–H groups in total. The molecule has 34 heavy (non-hydrogen) atoms. The number of benzene rings is 1. The van der Waals surface area contributed by atoms with Crippen molar-refractivity contribution in [3.63, 3.8) is 0 Å². The zero-order valence-electron chi connectivity index (χ0n) is 18.5. The van der Waals surface area contributed by atoms with Crippen molar-refractivity contribution in [3.8, 4) is 22.8 Å². The van der Waals surface area contributed by atoms with Crippen molar-refractivity contribution in [2.75, 3.05) is 32.1 Å². The molecule has 12 heteroatoms. The van der Waals surface area contributed by atoms with E-state index in [9.17, 15) is 12.8 Å². The Morgan fingerprint density at radius 3 is 2.97 bits per heavy atom. The standard InChI is InChI=1S/C22H24ClFN6O3S/c23-6-8-28-7-2-3-14(11-28)30-20-15-4-1-5-17(24)21(15)34(31,32)13-16(20)19(27-30)22-26-25-18-12-33-10-9-29(18)22/h1,4-5,14H,2-3,6-13H2. The monoisotopic (exact) mass is 506 g/mol. The highest BCUT2D eigenvalue weighted by molar-refractivity contribution is 7.91. The summed E-state index contributed by atoms with van der Waals surface area (Å²) in [5, 5.41) is 13.6. The van der Waals surface area contributed by atoms with Crippen LogP contribution >= 0.6 is 11.6 Å². The van der Waals surface area contributed by atoms with Crippen LogP contribution in [0.1, 0.15) is 30.3 Å². The molecule has 1 fully saturated rings. The zero-order chi connectivity index (χ0) is 23.4. The molecule has 1 atom stereocenters. The minimum absolute atomic E-state index is 0.00321. The Kier molecular flexibility index (Phi) is 5.47. The summed E-state index contributed by atoms with van der Waals surface area (Å²) < 4.78 is 50.6.